The van der Waals surface area contributed by atoms with Crippen LogP contribution in [-0.2, 0) is 17.8 Å². The zero-order chi connectivity index (χ0) is 16.6. The molecular weight excluding hydrogens is 284 g/mol. The summed E-state index contributed by atoms with van der Waals surface area (Å²) in [5.74, 6) is 1.08. The minimum atomic E-state index is 0.0742. The molecule has 0 spiro atoms. The maximum absolute atomic E-state index is 12.4. The van der Waals surface area contributed by atoms with Crippen molar-refractivity contribution in [2.75, 3.05) is 13.1 Å². The number of carbonyl (C=O) groups is 1. The van der Waals surface area contributed by atoms with E-state index in [2.05, 4.69) is 62.2 Å². The van der Waals surface area contributed by atoms with Gasteiger partial charge >= 0.3 is 0 Å². The average Bonchev–Trinajstić information content (AvgIpc) is 3.22. The van der Waals surface area contributed by atoms with Crippen LogP contribution in [0.4, 0.5) is 0 Å². The van der Waals surface area contributed by atoms with Crippen LogP contribution in [0.1, 0.15) is 45.2 Å². The van der Waals surface area contributed by atoms with E-state index in [1.165, 1.54) is 11.1 Å². The van der Waals surface area contributed by atoms with Gasteiger partial charge in [-0.3, -0.25) is 9.69 Å². The molecule has 3 atom stereocenters. The number of benzene rings is 1. The molecule has 1 aliphatic carbocycles. The van der Waals surface area contributed by atoms with E-state index in [1.807, 2.05) is 0 Å². The van der Waals surface area contributed by atoms with Gasteiger partial charge in [0.2, 0.25) is 5.91 Å². The summed E-state index contributed by atoms with van der Waals surface area (Å²) in [5, 5.41) is 3.34. The first-order valence-corrected chi connectivity index (χ1v) is 8.94. The first-order chi connectivity index (χ1) is 10.8. The molecule has 1 aromatic carbocycles. The molecule has 1 N–H and O–H groups in total. The normalized spacial score (nSPS) is 25.6. The maximum atomic E-state index is 12.4. The van der Waals surface area contributed by atoms with E-state index in [-0.39, 0.29) is 23.3 Å². The van der Waals surface area contributed by atoms with Crippen LogP contribution in [-0.4, -0.2) is 29.9 Å². The Labute approximate surface area is 140 Å². The lowest BCUT2D eigenvalue weighted by Crippen LogP contribution is -2.52. The van der Waals surface area contributed by atoms with Gasteiger partial charge in [0.1, 0.15) is 0 Å². The Kier molecular flexibility index (Phi) is 4.50. The third-order valence-electron chi connectivity index (χ3n) is 5.46. The highest BCUT2D eigenvalue weighted by Crippen LogP contribution is 2.38. The zero-order valence-corrected chi connectivity index (χ0v) is 14.9. The van der Waals surface area contributed by atoms with Crippen molar-refractivity contribution in [2.24, 2.45) is 17.3 Å². The van der Waals surface area contributed by atoms with E-state index in [4.69, 9.17) is 0 Å². The zero-order valence-electron chi connectivity index (χ0n) is 14.9. The van der Waals surface area contributed by atoms with Crippen LogP contribution in [0, 0.1) is 17.3 Å². The van der Waals surface area contributed by atoms with Gasteiger partial charge in [-0.25, -0.2) is 0 Å². The number of nitrogens with zero attached hydrogens (tertiary/aromatic N) is 1. The lowest BCUT2D eigenvalue weighted by Gasteiger charge is -2.38. The summed E-state index contributed by atoms with van der Waals surface area (Å²) >= 11 is 0. The van der Waals surface area contributed by atoms with Crippen molar-refractivity contribution in [3.8, 4) is 0 Å². The Morgan fingerprint density at radius 1 is 1.30 bits per heavy atom. The second kappa shape index (κ2) is 6.27. The third kappa shape index (κ3) is 3.95. The fraction of sp³-hybridized carbons (Fsp3) is 0.650. The fourth-order valence-electron chi connectivity index (χ4n) is 3.47. The Morgan fingerprint density at radius 3 is 2.57 bits per heavy atom. The van der Waals surface area contributed by atoms with Gasteiger partial charge in [-0.15, -0.1) is 0 Å². The molecule has 0 radical (unpaired) electrons. The Morgan fingerprint density at radius 2 is 1.96 bits per heavy atom. The van der Waals surface area contributed by atoms with Crippen LogP contribution in [0.2, 0.25) is 0 Å². The van der Waals surface area contributed by atoms with E-state index in [0.29, 0.717) is 5.92 Å². The average molecular weight is 314 g/mol. The van der Waals surface area contributed by atoms with Gasteiger partial charge in [-0.1, -0.05) is 52.0 Å². The quantitative estimate of drug-likeness (QED) is 0.925. The first kappa shape index (κ1) is 16.5. The summed E-state index contributed by atoms with van der Waals surface area (Å²) < 4.78 is 0. The molecule has 1 heterocycles. The molecule has 23 heavy (non-hydrogen) atoms. The molecule has 2 aliphatic rings. The van der Waals surface area contributed by atoms with Crippen molar-refractivity contribution in [1.29, 1.82) is 0 Å². The SMILES string of the molecule is CC1CC1C(=O)NC(CN1CCc2ccccc2C1)C(C)(C)C. The molecule has 1 aromatic rings. The summed E-state index contributed by atoms with van der Waals surface area (Å²) in [7, 11) is 0. The van der Waals surface area contributed by atoms with Gasteiger partial charge in [0.15, 0.2) is 0 Å². The molecule has 1 fully saturated rings. The smallest absolute Gasteiger partial charge is 0.223 e. The molecule has 1 aliphatic heterocycles. The number of hydrogen-bond acceptors (Lipinski definition) is 2. The minimum Gasteiger partial charge on any atom is -0.351 e. The standard InChI is InChI=1S/C20H30N2O/c1-14-11-17(14)19(23)21-18(20(2,3)4)13-22-10-9-15-7-5-6-8-16(15)12-22/h5-8,14,17-18H,9-13H2,1-4H3,(H,21,23). The first-order valence-electron chi connectivity index (χ1n) is 8.94. The molecule has 0 aromatic heterocycles. The van der Waals surface area contributed by atoms with Gasteiger partial charge in [-0.05, 0) is 35.3 Å². The maximum Gasteiger partial charge on any atom is 0.223 e. The van der Waals surface area contributed by atoms with E-state index in [1.54, 1.807) is 0 Å². The fourth-order valence-corrected chi connectivity index (χ4v) is 3.47. The van der Waals surface area contributed by atoms with E-state index in [9.17, 15) is 4.79 Å². The molecule has 0 saturated heterocycles. The lowest BCUT2D eigenvalue weighted by atomic mass is 9.85. The number of carbonyl (C=O) groups excluding carboxylic acids is 1. The van der Waals surface area contributed by atoms with Crippen molar-refractivity contribution in [2.45, 2.75) is 53.1 Å². The van der Waals surface area contributed by atoms with Crippen LogP contribution < -0.4 is 5.32 Å². The second-order valence-electron chi connectivity index (χ2n) is 8.50. The van der Waals surface area contributed by atoms with Crippen LogP contribution >= 0.6 is 0 Å². The summed E-state index contributed by atoms with van der Waals surface area (Å²) in [6.07, 6.45) is 2.17. The van der Waals surface area contributed by atoms with E-state index >= 15 is 0 Å². The van der Waals surface area contributed by atoms with Gasteiger partial charge in [0.25, 0.3) is 0 Å². The molecule has 3 unspecified atom stereocenters. The summed E-state index contributed by atoms with van der Waals surface area (Å²) in [5.41, 5.74) is 2.99. The summed E-state index contributed by atoms with van der Waals surface area (Å²) in [6, 6.07) is 8.93. The molecule has 3 rings (SSSR count). The van der Waals surface area contributed by atoms with Crippen LogP contribution in [0.25, 0.3) is 0 Å². The molecule has 1 amide bonds. The van der Waals surface area contributed by atoms with Crippen LogP contribution in [0.3, 0.4) is 0 Å². The second-order valence-corrected chi connectivity index (χ2v) is 8.50. The number of nitrogens with one attached hydrogen (secondary N) is 1. The van der Waals surface area contributed by atoms with E-state index < -0.39 is 0 Å². The molecule has 1 saturated carbocycles. The van der Waals surface area contributed by atoms with Crippen molar-refractivity contribution in [1.82, 2.24) is 10.2 Å². The summed E-state index contributed by atoms with van der Waals surface area (Å²) in [4.78, 5) is 14.9. The summed E-state index contributed by atoms with van der Waals surface area (Å²) in [6.45, 7) is 11.9. The third-order valence-corrected chi connectivity index (χ3v) is 5.46. The number of amides is 1. The monoisotopic (exact) mass is 314 g/mol. The van der Waals surface area contributed by atoms with Gasteiger partial charge < -0.3 is 5.32 Å². The molecule has 3 nitrogen and oxygen atoms in total. The highest BCUT2D eigenvalue weighted by atomic mass is 16.2. The highest BCUT2D eigenvalue weighted by Gasteiger charge is 2.41. The number of hydrogen-bond donors (Lipinski definition) is 1. The van der Waals surface area contributed by atoms with Gasteiger partial charge in [-0.2, -0.15) is 0 Å². The van der Waals surface area contributed by atoms with Crippen molar-refractivity contribution >= 4 is 5.91 Å². The van der Waals surface area contributed by atoms with Crippen molar-refractivity contribution in [3.05, 3.63) is 35.4 Å². The lowest BCUT2D eigenvalue weighted by molar-refractivity contribution is -0.124. The molecule has 3 heteroatoms. The van der Waals surface area contributed by atoms with Crippen molar-refractivity contribution < 1.29 is 4.79 Å². The predicted octanol–water partition coefficient (Wildman–Crippen LogP) is 3.23. The topological polar surface area (TPSA) is 32.3 Å². The van der Waals surface area contributed by atoms with Crippen LogP contribution in [0.15, 0.2) is 24.3 Å². The highest BCUT2D eigenvalue weighted by molar-refractivity contribution is 5.81. The minimum absolute atomic E-state index is 0.0742. The Hall–Kier alpha value is -1.35. The van der Waals surface area contributed by atoms with Gasteiger partial charge in [0, 0.05) is 31.6 Å². The Balaban J connectivity index is 1.64. The molecular formula is C20H30N2O. The van der Waals surface area contributed by atoms with Crippen molar-refractivity contribution in [3.63, 3.8) is 0 Å². The molecule has 126 valence electrons. The number of rotatable bonds is 4. The van der Waals surface area contributed by atoms with E-state index in [0.717, 1.165) is 32.5 Å². The Bertz CT molecular complexity index is 575. The molecule has 0 bridgehead atoms. The largest absolute Gasteiger partial charge is 0.351 e. The number of fused-ring (bicyclic) bond motifs is 1. The van der Waals surface area contributed by atoms with Gasteiger partial charge in [0.05, 0.1) is 0 Å². The predicted molar refractivity (Wildman–Crippen MR) is 94.1 cm³/mol. The van der Waals surface area contributed by atoms with Crippen LogP contribution in [0.5, 0.6) is 0 Å².